The highest BCUT2D eigenvalue weighted by molar-refractivity contribution is 7.93. The van der Waals surface area contributed by atoms with E-state index in [0.29, 0.717) is 24.1 Å². The molecule has 1 aromatic rings. The van der Waals surface area contributed by atoms with Crippen LogP contribution in [-0.2, 0) is 21.2 Å². The third-order valence-electron chi connectivity index (χ3n) is 3.28. The second-order valence-corrected chi connectivity index (χ2v) is 6.79. The highest BCUT2D eigenvalue weighted by Crippen LogP contribution is 2.26. The Kier molecular flexibility index (Phi) is 4.09. The molecule has 0 saturated heterocycles. The molecule has 0 atom stereocenters. The van der Waals surface area contributed by atoms with Crippen molar-refractivity contribution in [1.82, 2.24) is 0 Å². The van der Waals surface area contributed by atoms with Crippen molar-refractivity contribution in [3.63, 3.8) is 0 Å². The van der Waals surface area contributed by atoms with Crippen molar-refractivity contribution >= 4 is 21.7 Å². The number of benzene rings is 1. The van der Waals surface area contributed by atoms with E-state index in [1.165, 1.54) is 0 Å². The first-order chi connectivity index (χ1) is 8.97. The van der Waals surface area contributed by atoms with Crippen LogP contribution in [0.5, 0.6) is 0 Å². The summed E-state index contributed by atoms with van der Waals surface area (Å²) in [6.45, 7) is 0. The molecule has 1 aliphatic carbocycles. The van der Waals surface area contributed by atoms with Gasteiger partial charge in [0.1, 0.15) is 0 Å². The lowest BCUT2D eigenvalue weighted by Gasteiger charge is -2.13. The fourth-order valence-electron chi connectivity index (χ4n) is 2.37. The number of aliphatic carboxylic acids is 1. The van der Waals surface area contributed by atoms with Crippen LogP contribution >= 0.6 is 0 Å². The Morgan fingerprint density at radius 3 is 2.63 bits per heavy atom. The van der Waals surface area contributed by atoms with E-state index >= 15 is 0 Å². The Morgan fingerprint density at radius 2 is 2.00 bits per heavy atom. The summed E-state index contributed by atoms with van der Waals surface area (Å²) < 4.78 is 26.8. The van der Waals surface area contributed by atoms with Gasteiger partial charge in [-0.05, 0) is 30.5 Å². The molecule has 0 aliphatic heterocycles. The molecule has 0 heterocycles. The third kappa shape index (κ3) is 3.70. The fourth-order valence-corrected chi connectivity index (χ4v) is 3.94. The minimum absolute atomic E-state index is 0.112. The van der Waals surface area contributed by atoms with Crippen LogP contribution in [0.4, 0.5) is 5.69 Å². The predicted molar refractivity (Wildman–Crippen MR) is 72.6 cm³/mol. The average Bonchev–Trinajstić information content (AvgIpc) is 2.81. The predicted octanol–water partition coefficient (Wildman–Crippen LogP) is 2.00. The molecule has 1 aliphatic rings. The molecule has 0 amide bonds. The van der Waals surface area contributed by atoms with Gasteiger partial charge in [-0.3, -0.25) is 9.52 Å². The van der Waals surface area contributed by atoms with Crippen LogP contribution < -0.4 is 4.72 Å². The van der Waals surface area contributed by atoms with Gasteiger partial charge in [-0.15, -0.1) is 0 Å². The topological polar surface area (TPSA) is 83.5 Å². The first-order valence-electron chi connectivity index (χ1n) is 6.30. The normalized spacial score (nSPS) is 16.4. The molecule has 1 aromatic carbocycles. The van der Waals surface area contributed by atoms with E-state index < -0.39 is 16.0 Å². The number of rotatable bonds is 5. The molecule has 0 unspecified atom stereocenters. The summed E-state index contributed by atoms with van der Waals surface area (Å²) in [5.74, 6) is -0.934. The maximum absolute atomic E-state index is 12.1. The zero-order valence-corrected chi connectivity index (χ0v) is 11.3. The molecule has 0 aromatic heterocycles. The molecular formula is C13H17NO4S. The largest absolute Gasteiger partial charge is 0.481 e. The van der Waals surface area contributed by atoms with E-state index in [1.807, 2.05) is 0 Å². The van der Waals surface area contributed by atoms with Gasteiger partial charge in [0.15, 0.2) is 0 Å². The number of hydrogen-bond donors (Lipinski definition) is 2. The minimum Gasteiger partial charge on any atom is -0.481 e. The second kappa shape index (κ2) is 5.61. The van der Waals surface area contributed by atoms with Gasteiger partial charge in [0.05, 0.1) is 11.7 Å². The number of nitrogens with one attached hydrogen (secondary N) is 1. The van der Waals surface area contributed by atoms with Crippen LogP contribution in [-0.4, -0.2) is 24.7 Å². The van der Waals surface area contributed by atoms with Crippen molar-refractivity contribution in [2.45, 2.75) is 37.4 Å². The van der Waals surface area contributed by atoms with Crippen molar-refractivity contribution < 1.29 is 18.3 Å². The number of carboxylic acids is 1. The van der Waals surface area contributed by atoms with Crippen LogP contribution in [0.2, 0.25) is 0 Å². The average molecular weight is 283 g/mol. The van der Waals surface area contributed by atoms with E-state index in [9.17, 15) is 13.2 Å². The molecule has 1 saturated carbocycles. The summed E-state index contributed by atoms with van der Waals surface area (Å²) in [6, 6.07) is 6.53. The van der Waals surface area contributed by atoms with Gasteiger partial charge in [0, 0.05) is 5.69 Å². The number of sulfonamides is 1. The zero-order valence-electron chi connectivity index (χ0n) is 10.5. The first kappa shape index (κ1) is 13.9. The Balaban J connectivity index is 2.12. The Bertz CT molecular complexity index is 562. The van der Waals surface area contributed by atoms with Gasteiger partial charge >= 0.3 is 5.97 Å². The van der Waals surface area contributed by atoms with E-state index in [2.05, 4.69) is 4.72 Å². The van der Waals surface area contributed by atoms with Crippen molar-refractivity contribution in [3.8, 4) is 0 Å². The monoisotopic (exact) mass is 283 g/mol. The van der Waals surface area contributed by atoms with E-state index in [0.717, 1.165) is 12.8 Å². The van der Waals surface area contributed by atoms with Crippen molar-refractivity contribution in [2.24, 2.45) is 0 Å². The van der Waals surface area contributed by atoms with Crippen LogP contribution in [0.3, 0.4) is 0 Å². The summed E-state index contributed by atoms with van der Waals surface area (Å²) in [5, 5.41) is 8.40. The van der Waals surface area contributed by atoms with E-state index in [4.69, 9.17) is 5.11 Å². The highest BCUT2D eigenvalue weighted by atomic mass is 32.2. The second-order valence-electron chi connectivity index (χ2n) is 4.82. The molecule has 104 valence electrons. The van der Waals surface area contributed by atoms with Gasteiger partial charge in [0.2, 0.25) is 10.0 Å². The fraction of sp³-hybridized carbons (Fsp3) is 0.462. The summed E-state index contributed by atoms with van der Waals surface area (Å²) in [4.78, 5) is 10.6. The maximum Gasteiger partial charge on any atom is 0.307 e. The standard InChI is InChI=1S/C13H17NO4S/c15-13(16)9-10-4-3-5-11(8-10)14-19(17,18)12-6-1-2-7-12/h3-5,8,12,14H,1-2,6-7,9H2,(H,15,16). The summed E-state index contributed by atoms with van der Waals surface area (Å²) in [5.41, 5.74) is 1.02. The maximum atomic E-state index is 12.1. The molecule has 5 nitrogen and oxygen atoms in total. The van der Waals surface area contributed by atoms with E-state index in [-0.39, 0.29) is 11.7 Å². The van der Waals surface area contributed by atoms with Gasteiger partial charge in [-0.2, -0.15) is 0 Å². The van der Waals surface area contributed by atoms with Crippen LogP contribution in [0.25, 0.3) is 0 Å². The van der Waals surface area contributed by atoms with Gasteiger partial charge in [-0.1, -0.05) is 25.0 Å². The molecular weight excluding hydrogens is 266 g/mol. The molecule has 2 N–H and O–H groups in total. The zero-order chi connectivity index (χ0) is 13.9. The molecule has 0 bridgehead atoms. The Labute approximate surface area is 112 Å². The molecule has 19 heavy (non-hydrogen) atoms. The Morgan fingerprint density at radius 1 is 1.32 bits per heavy atom. The van der Waals surface area contributed by atoms with Gasteiger partial charge in [-0.25, -0.2) is 8.42 Å². The molecule has 1 fully saturated rings. The van der Waals surface area contributed by atoms with Crippen molar-refractivity contribution in [3.05, 3.63) is 29.8 Å². The number of carbonyl (C=O) groups is 1. The highest BCUT2D eigenvalue weighted by Gasteiger charge is 2.28. The summed E-state index contributed by atoms with van der Waals surface area (Å²) in [6.07, 6.45) is 3.18. The van der Waals surface area contributed by atoms with Gasteiger partial charge in [0.25, 0.3) is 0 Å². The van der Waals surface area contributed by atoms with Crippen LogP contribution in [0.1, 0.15) is 31.2 Å². The number of anilines is 1. The first-order valence-corrected chi connectivity index (χ1v) is 7.84. The molecule has 0 radical (unpaired) electrons. The SMILES string of the molecule is O=C(O)Cc1cccc(NS(=O)(=O)C2CCCC2)c1. The number of hydrogen-bond acceptors (Lipinski definition) is 3. The lowest BCUT2D eigenvalue weighted by Crippen LogP contribution is -2.25. The molecule has 0 spiro atoms. The lowest BCUT2D eigenvalue weighted by molar-refractivity contribution is -0.136. The molecule has 2 rings (SSSR count). The lowest BCUT2D eigenvalue weighted by atomic mass is 10.1. The summed E-state index contributed by atoms with van der Waals surface area (Å²) in [7, 11) is -3.36. The third-order valence-corrected chi connectivity index (χ3v) is 5.15. The van der Waals surface area contributed by atoms with Crippen LogP contribution in [0, 0.1) is 0 Å². The summed E-state index contributed by atoms with van der Waals surface area (Å²) >= 11 is 0. The molecule has 6 heteroatoms. The van der Waals surface area contributed by atoms with Crippen molar-refractivity contribution in [1.29, 1.82) is 0 Å². The number of carboxylic acid groups (broad SMARTS) is 1. The van der Waals surface area contributed by atoms with E-state index in [1.54, 1.807) is 24.3 Å². The smallest absolute Gasteiger partial charge is 0.307 e. The minimum atomic E-state index is -3.36. The Hall–Kier alpha value is -1.56. The van der Waals surface area contributed by atoms with Crippen LogP contribution in [0.15, 0.2) is 24.3 Å². The quantitative estimate of drug-likeness (QED) is 0.865. The van der Waals surface area contributed by atoms with Gasteiger partial charge < -0.3 is 5.11 Å². The van der Waals surface area contributed by atoms with Crippen molar-refractivity contribution in [2.75, 3.05) is 4.72 Å².